The van der Waals surface area contributed by atoms with Crippen LogP contribution in [0.5, 0.6) is 0 Å². The van der Waals surface area contributed by atoms with Crippen molar-refractivity contribution < 1.29 is 4.79 Å². The first-order valence-electron chi connectivity index (χ1n) is 9.02. The normalized spacial score (nSPS) is 20.5. The molecule has 2 N–H and O–H groups in total. The van der Waals surface area contributed by atoms with Crippen molar-refractivity contribution in [2.24, 2.45) is 11.8 Å². The molecule has 6 heteroatoms. The average molecular weight is 349 g/mol. The lowest BCUT2D eigenvalue weighted by molar-refractivity contribution is -0.125. The van der Waals surface area contributed by atoms with Crippen molar-refractivity contribution in [3.8, 4) is 0 Å². The van der Waals surface area contributed by atoms with Gasteiger partial charge in [0.15, 0.2) is 5.65 Å². The van der Waals surface area contributed by atoms with E-state index in [4.69, 9.17) is 0 Å². The van der Waals surface area contributed by atoms with Crippen LogP contribution in [-0.2, 0) is 17.9 Å². The van der Waals surface area contributed by atoms with E-state index in [1.165, 1.54) is 5.56 Å². The van der Waals surface area contributed by atoms with Crippen molar-refractivity contribution in [1.82, 2.24) is 25.2 Å². The molecule has 2 aromatic heterocycles. The fourth-order valence-electron chi connectivity index (χ4n) is 3.66. The van der Waals surface area contributed by atoms with E-state index in [1.807, 2.05) is 18.2 Å². The lowest BCUT2D eigenvalue weighted by Gasteiger charge is -2.15. The number of amides is 1. The number of aromatic amines is 1. The van der Waals surface area contributed by atoms with Gasteiger partial charge < -0.3 is 10.3 Å². The molecule has 1 saturated heterocycles. The number of pyridine rings is 1. The van der Waals surface area contributed by atoms with Gasteiger partial charge in [-0.25, -0.2) is 9.97 Å². The van der Waals surface area contributed by atoms with Gasteiger partial charge in [0, 0.05) is 25.8 Å². The van der Waals surface area contributed by atoms with Gasteiger partial charge in [-0.3, -0.25) is 9.69 Å². The summed E-state index contributed by atoms with van der Waals surface area (Å²) < 4.78 is 0. The average Bonchev–Trinajstić information content (AvgIpc) is 3.23. The third-order valence-corrected chi connectivity index (χ3v) is 5.01. The second-order valence-corrected chi connectivity index (χ2v) is 7.04. The van der Waals surface area contributed by atoms with E-state index in [9.17, 15) is 4.79 Å². The van der Waals surface area contributed by atoms with Gasteiger partial charge in [0.1, 0.15) is 5.82 Å². The highest BCUT2D eigenvalue weighted by Gasteiger charge is 2.34. The first-order chi connectivity index (χ1) is 12.7. The maximum absolute atomic E-state index is 12.6. The zero-order chi connectivity index (χ0) is 17.9. The van der Waals surface area contributed by atoms with Gasteiger partial charge in [-0.15, -0.1) is 0 Å². The van der Waals surface area contributed by atoms with Crippen LogP contribution in [0.3, 0.4) is 0 Å². The summed E-state index contributed by atoms with van der Waals surface area (Å²) in [6.07, 6.45) is 1.72. The van der Waals surface area contributed by atoms with Crippen LogP contribution in [0, 0.1) is 11.8 Å². The van der Waals surface area contributed by atoms with Gasteiger partial charge in [-0.05, 0) is 23.6 Å². The van der Waals surface area contributed by atoms with Crippen LogP contribution in [0.25, 0.3) is 11.2 Å². The van der Waals surface area contributed by atoms with Gasteiger partial charge in [-0.1, -0.05) is 37.3 Å². The zero-order valence-electron chi connectivity index (χ0n) is 14.9. The topological polar surface area (TPSA) is 73.9 Å². The summed E-state index contributed by atoms with van der Waals surface area (Å²) in [7, 11) is 0. The van der Waals surface area contributed by atoms with E-state index in [1.54, 1.807) is 6.20 Å². The Balaban J connectivity index is 1.34. The van der Waals surface area contributed by atoms with Crippen molar-refractivity contribution in [3.63, 3.8) is 0 Å². The van der Waals surface area contributed by atoms with E-state index in [-0.39, 0.29) is 11.8 Å². The lowest BCUT2D eigenvalue weighted by Crippen LogP contribution is -2.34. The maximum atomic E-state index is 12.6. The Morgan fingerprint density at radius 2 is 2.08 bits per heavy atom. The van der Waals surface area contributed by atoms with E-state index < -0.39 is 0 Å². The molecule has 1 aromatic carbocycles. The summed E-state index contributed by atoms with van der Waals surface area (Å²) in [6, 6.07) is 14.2. The number of nitrogens with one attached hydrogen (secondary N) is 2. The smallest absolute Gasteiger partial charge is 0.225 e. The summed E-state index contributed by atoms with van der Waals surface area (Å²) in [4.78, 5) is 26.8. The quantitative estimate of drug-likeness (QED) is 0.741. The molecule has 2 unspecified atom stereocenters. The molecule has 0 saturated carbocycles. The summed E-state index contributed by atoms with van der Waals surface area (Å²) in [5.41, 5.74) is 2.86. The van der Waals surface area contributed by atoms with Crippen LogP contribution in [0.1, 0.15) is 18.3 Å². The molecule has 4 rings (SSSR count). The molecule has 3 heterocycles. The van der Waals surface area contributed by atoms with Crippen LogP contribution >= 0.6 is 0 Å². The highest BCUT2D eigenvalue weighted by atomic mass is 16.2. The number of rotatable bonds is 5. The molecule has 2 atom stereocenters. The predicted molar refractivity (Wildman–Crippen MR) is 100 cm³/mol. The van der Waals surface area contributed by atoms with Crippen molar-refractivity contribution in [2.75, 3.05) is 13.1 Å². The highest BCUT2D eigenvalue weighted by Crippen LogP contribution is 2.24. The molecule has 0 bridgehead atoms. The van der Waals surface area contributed by atoms with Gasteiger partial charge in [0.05, 0.1) is 18.0 Å². The SMILES string of the molecule is CC1CN(Cc2ccccc2)CC1C(=O)NCc1nc2ncccc2[nH]1. The highest BCUT2D eigenvalue weighted by molar-refractivity contribution is 5.79. The Bertz CT molecular complexity index is 858. The second kappa shape index (κ2) is 7.25. The molecule has 26 heavy (non-hydrogen) atoms. The van der Waals surface area contributed by atoms with Gasteiger partial charge in [0.25, 0.3) is 0 Å². The van der Waals surface area contributed by atoms with Crippen LogP contribution in [0.15, 0.2) is 48.7 Å². The first-order valence-corrected chi connectivity index (χ1v) is 9.02. The zero-order valence-corrected chi connectivity index (χ0v) is 14.9. The van der Waals surface area contributed by atoms with E-state index in [0.717, 1.165) is 31.0 Å². The Labute approximate surface area is 152 Å². The molecular weight excluding hydrogens is 326 g/mol. The molecular formula is C20H23N5O. The molecule has 1 fully saturated rings. The van der Waals surface area contributed by atoms with Gasteiger partial charge >= 0.3 is 0 Å². The fourth-order valence-corrected chi connectivity index (χ4v) is 3.66. The molecule has 0 spiro atoms. The van der Waals surface area contributed by atoms with Gasteiger partial charge in [0.2, 0.25) is 5.91 Å². The summed E-state index contributed by atoms with van der Waals surface area (Å²) in [5.74, 6) is 1.19. The Morgan fingerprint density at radius 1 is 1.23 bits per heavy atom. The standard InChI is InChI=1S/C20H23N5O/c1-14-11-25(12-15-6-3-2-4-7-15)13-16(14)20(26)22-10-18-23-17-8-5-9-21-19(17)24-18/h2-9,14,16H,10-13H2,1H3,(H,22,26)(H,21,23,24). The summed E-state index contributed by atoms with van der Waals surface area (Å²) in [6.45, 7) is 5.19. The van der Waals surface area contributed by atoms with Crippen LogP contribution in [0.2, 0.25) is 0 Å². The van der Waals surface area contributed by atoms with E-state index in [0.29, 0.717) is 18.1 Å². The largest absolute Gasteiger partial charge is 0.349 e. The molecule has 0 radical (unpaired) electrons. The number of H-pyrrole nitrogens is 1. The van der Waals surface area contributed by atoms with Crippen molar-refractivity contribution in [3.05, 3.63) is 60.0 Å². The third kappa shape index (κ3) is 3.60. The number of hydrogen-bond acceptors (Lipinski definition) is 4. The number of aromatic nitrogens is 3. The minimum absolute atomic E-state index is 0.0150. The first kappa shape index (κ1) is 16.7. The number of carbonyl (C=O) groups is 1. The van der Waals surface area contributed by atoms with Crippen LogP contribution in [-0.4, -0.2) is 38.8 Å². The molecule has 0 aliphatic carbocycles. The monoisotopic (exact) mass is 349 g/mol. The van der Waals surface area contributed by atoms with Gasteiger partial charge in [-0.2, -0.15) is 0 Å². The molecule has 6 nitrogen and oxygen atoms in total. The van der Waals surface area contributed by atoms with Crippen LogP contribution in [0.4, 0.5) is 0 Å². The molecule has 1 aliphatic heterocycles. The van der Waals surface area contributed by atoms with Crippen molar-refractivity contribution in [1.29, 1.82) is 0 Å². The maximum Gasteiger partial charge on any atom is 0.225 e. The van der Waals surface area contributed by atoms with E-state index >= 15 is 0 Å². The molecule has 1 amide bonds. The minimum Gasteiger partial charge on any atom is -0.349 e. The predicted octanol–water partition coefficient (Wildman–Crippen LogP) is 2.34. The number of hydrogen-bond donors (Lipinski definition) is 2. The molecule has 3 aromatic rings. The number of fused-ring (bicyclic) bond motifs is 1. The number of likely N-dealkylation sites (tertiary alicyclic amines) is 1. The minimum atomic E-state index is 0.0150. The number of carbonyl (C=O) groups excluding carboxylic acids is 1. The number of nitrogens with zero attached hydrogens (tertiary/aromatic N) is 3. The summed E-state index contributed by atoms with van der Waals surface area (Å²) >= 11 is 0. The summed E-state index contributed by atoms with van der Waals surface area (Å²) in [5, 5.41) is 3.03. The second-order valence-electron chi connectivity index (χ2n) is 7.04. The van der Waals surface area contributed by atoms with Crippen molar-refractivity contribution >= 4 is 17.1 Å². The van der Waals surface area contributed by atoms with Crippen LogP contribution < -0.4 is 5.32 Å². The molecule has 1 aliphatic rings. The number of benzene rings is 1. The number of imidazole rings is 1. The third-order valence-electron chi connectivity index (χ3n) is 5.01. The van der Waals surface area contributed by atoms with Crippen molar-refractivity contribution in [2.45, 2.75) is 20.0 Å². The Kier molecular flexibility index (Phi) is 4.67. The molecule has 134 valence electrons. The fraction of sp³-hybridized carbons (Fsp3) is 0.350. The Morgan fingerprint density at radius 3 is 2.88 bits per heavy atom. The Hall–Kier alpha value is -2.73. The lowest BCUT2D eigenvalue weighted by atomic mass is 9.97. The van der Waals surface area contributed by atoms with E-state index in [2.05, 4.69) is 56.4 Å².